The summed E-state index contributed by atoms with van der Waals surface area (Å²) in [6.45, 7) is 0. The number of H-pyrrole nitrogens is 1. The molecule has 0 unspecified atom stereocenters. The van der Waals surface area contributed by atoms with Gasteiger partial charge in [-0.1, -0.05) is 46.3 Å². The van der Waals surface area contributed by atoms with E-state index in [1.165, 1.54) is 0 Å². The molecule has 0 aliphatic carbocycles. The van der Waals surface area contributed by atoms with Gasteiger partial charge in [-0.3, -0.25) is 4.79 Å². The number of benzene rings is 2. The van der Waals surface area contributed by atoms with E-state index in [2.05, 4.69) is 31.4 Å². The van der Waals surface area contributed by atoms with E-state index in [9.17, 15) is 4.79 Å². The molecule has 0 saturated heterocycles. The number of hydrazone groups is 1. The molecule has 5 heteroatoms. The van der Waals surface area contributed by atoms with Crippen molar-refractivity contribution in [2.75, 3.05) is 0 Å². The Bertz CT molecular complexity index is 823. The van der Waals surface area contributed by atoms with Crippen LogP contribution in [0, 0.1) is 0 Å². The number of para-hydroxylation sites is 1. The highest BCUT2D eigenvalue weighted by molar-refractivity contribution is 9.10. The molecule has 0 aliphatic heterocycles. The molecule has 1 aromatic heterocycles. The van der Waals surface area contributed by atoms with Gasteiger partial charge < -0.3 is 4.98 Å². The van der Waals surface area contributed by atoms with Gasteiger partial charge in [-0.25, -0.2) is 5.43 Å². The molecule has 0 radical (unpaired) electrons. The summed E-state index contributed by atoms with van der Waals surface area (Å²) in [5, 5.41) is 4.87. The van der Waals surface area contributed by atoms with Crippen molar-refractivity contribution in [3.8, 4) is 0 Å². The molecule has 0 aliphatic rings. The molecule has 1 heterocycles. The maximum atomic E-state index is 12.1. The maximum absolute atomic E-state index is 12.1. The number of halogens is 1. The highest BCUT2D eigenvalue weighted by Crippen LogP contribution is 2.17. The number of carbonyl (C=O) groups excluding carboxylic acids is 1. The van der Waals surface area contributed by atoms with Gasteiger partial charge in [-0.15, -0.1) is 0 Å². The van der Waals surface area contributed by atoms with Crippen molar-refractivity contribution in [1.82, 2.24) is 10.4 Å². The topological polar surface area (TPSA) is 57.2 Å². The molecule has 3 aromatic rings. The van der Waals surface area contributed by atoms with Crippen molar-refractivity contribution < 1.29 is 4.79 Å². The molecule has 2 N–H and O–H groups in total. The van der Waals surface area contributed by atoms with Gasteiger partial charge >= 0.3 is 0 Å². The first-order valence-corrected chi connectivity index (χ1v) is 7.18. The number of aromatic nitrogens is 1. The van der Waals surface area contributed by atoms with Gasteiger partial charge in [-0.05, 0) is 23.8 Å². The summed E-state index contributed by atoms with van der Waals surface area (Å²) in [6.07, 6.45) is 3.30. The normalized spacial score (nSPS) is 11.1. The average molecular weight is 342 g/mol. The van der Waals surface area contributed by atoms with Crippen molar-refractivity contribution in [3.05, 3.63) is 70.3 Å². The molecule has 0 bridgehead atoms. The number of hydrogen-bond acceptors (Lipinski definition) is 2. The Morgan fingerprint density at radius 3 is 2.90 bits per heavy atom. The van der Waals surface area contributed by atoms with Crippen LogP contribution >= 0.6 is 15.9 Å². The minimum absolute atomic E-state index is 0.237. The number of nitrogens with zero attached hydrogens (tertiary/aromatic N) is 1. The lowest BCUT2D eigenvalue weighted by molar-refractivity contribution is 0.0957. The Kier molecular flexibility index (Phi) is 3.83. The van der Waals surface area contributed by atoms with Crippen molar-refractivity contribution in [2.24, 2.45) is 5.10 Å². The first-order valence-electron chi connectivity index (χ1n) is 6.39. The summed E-state index contributed by atoms with van der Waals surface area (Å²) in [5.74, 6) is -0.237. The average Bonchev–Trinajstić information content (AvgIpc) is 2.91. The van der Waals surface area contributed by atoms with Gasteiger partial charge in [0, 0.05) is 21.6 Å². The highest BCUT2D eigenvalue weighted by atomic mass is 79.9. The summed E-state index contributed by atoms with van der Waals surface area (Å²) in [5.41, 5.74) is 4.96. The molecule has 0 atom stereocenters. The van der Waals surface area contributed by atoms with Crippen molar-refractivity contribution >= 4 is 39.0 Å². The highest BCUT2D eigenvalue weighted by Gasteiger charge is 2.10. The number of fused-ring (bicyclic) bond motifs is 1. The van der Waals surface area contributed by atoms with Crippen LogP contribution in [0.5, 0.6) is 0 Å². The third-order valence-electron chi connectivity index (χ3n) is 3.06. The second-order valence-corrected chi connectivity index (χ2v) is 5.42. The fourth-order valence-electron chi connectivity index (χ4n) is 2.07. The fraction of sp³-hybridized carbons (Fsp3) is 0. The largest absolute Gasteiger partial charge is 0.360 e. The van der Waals surface area contributed by atoms with Crippen molar-refractivity contribution in [1.29, 1.82) is 0 Å². The van der Waals surface area contributed by atoms with Crippen LogP contribution in [-0.2, 0) is 0 Å². The van der Waals surface area contributed by atoms with Crippen LogP contribution < -0.4 is 5.43 Å². The Labute approximate surface area is 130 Å². The SMILES string of the molecule is O=C(N/N=C\c1cccc(Br)c1)c1c[nH]c2ccccc12. The van der Waals surface area contributed by atoms with Gasteiger partial charge in [0.1, 0.15) is 0 Å². The lowest BCUT2D eigenvalue weighted by atomic mass is 10.2. The van der Waals surface area contributed by atoms with E-state index in [1.807, 2.05) is 48.5 Å². The quantitative estimate of drug-likeness (QED) is 0.553. The number of hydrogen-bond donors (Lipinski definition) is 2. The maximum Gasteiger partial charge on any atom is 0.273 e. The van der Waals surface area contributed by atoms with E-state index in [0.29, 0.717) is 5.56 Å². The monoisotopic (exact) mass is 341 g/mol. The fourth-order valence-corrected chi connectivity index (χ4v) is 2.49. The minimum atomic E-state index is -0.237. The van der Waals surface area contributed by atoms with Crippen LogP contribution in [0.25, 0.3) is 10.9 Å². The third kappa shape index (κ3) is 3.03. The summed E-state index contributed by atoms with van der Waals surface area (Å²) in [4.78, 5) is 15.2. The van der Waals surface area contributed by atoms with E-state index in [-0.39, 0.29) is 5.91 Å². The molecule has 21 heavy (non-hydrogen) atoms. The summed E-state index contributed by atoms with van der Waals surface area (Å²) >= 11 is 3.39. The van der Waals surface area contributed by atoms with Gasteiger partial charge in [0.2, 0.25) is 0 Å². The van der Waals surface area contributed by atoms with E-state index < -0.39 is 0 Å². The van der Waals surface area contributed by atoms with Gasteiger partial charge in [0.05, 0.1) is 11.8 Å². The van der Waals surface area contributed by atoms with Crippen LogP contribution in [0.2, 0.25) is 0 Å². The smallest absolute Gasteiger partial charge is 0.273 e. The van der Waals surface area contributed by atoms with E-state index in [4.69, 9.17) is 0 Å². The van der Waals surface area contributed by atoms with Gasteiger partial charge in [-0.2, -0.15) is 5.10 Å². The van der Waals surface area contributed by atoms with Crippen LogP contribution in [0.15, 0.2) is 64.3 Å². The molecule has 3 rings (SSSR count). The molecule has 2 aromatic carbocycles. The number of aromatic amines is 1. The molecule has 4 nitrogen and oxygen atoms in total. The Morgan fingerprint density at radius 2 is 2.05 bits per heavy atom. The zero-order valence-corrected chi connectivity index (χ0v) is 12.6. The van der Waals surface area contributed by atoms with E-state index >= 15 is 0 Å². The van der Waals surface area contributed by atoms with Crippen LogP contribution in [0.1, 0.15) is 15.9 Å². The second-order valence-electron chi connectivity index (χ2n) is 4.50. The van der Waals surface area contributed by atoms with E-state index in [0.717, 1.165) is 20.9 Å². The minimum Gasteiger partial charge on any atom is -0.360 e. The van der Waals surface area contributed by atoms with Gasteiger partial charge in [0.15, 0.2) is 0 Å². The zero-order chi connectivity index (χ0) is 14.7. The molecule has 0 fully saturated rings. The van der Waals surface area contributed by atoms with Crippen LogP contribution in [0.4, 0.5) is 0 Å². The van der Waals surface area contributed by atoms with E-state index in [1.54, 1.807) is 12.4 Å². The van der Waals surface area contributed by atoms with Crippen molar-refractivity contribution in [2.45, 2.75) is 0 Å². The molecular weight excluding hydrogens is 330 g/mol. The summed E-state index contributed by atoms with van der Waals surface area (Å²) < 4.78 is 0.967. The van der Waals surface area contributed by atoms with Crippen LogP contribution in [0.3, 0.4) is 0 Å². The molecule has 0 spiro atoms. The molecule has 1 amide bonds. The number of amides is 1. The molecular formula is C16H12BrN3O. The zero-order valence-electron chi connectivity index (χ0n) is 11.0. The summed E-state index contributed by atoms with van der Waals surface area (Å²) in [7, 11) is 0. The Balaban J connectivity index is 1.75. The van der Waals surface area contributed by atoms with Gasteiger partial charge in [0.25, 0.3) is 5.91 Å². The first-order chi connectivity index (χ1) is 10.2. The summed E-state index contributed by atoms with van der Waals surface area (Å²) in [6, 6.07) is 15.3. The number of carbonyl (C=O) groups is 1. The molecule has 104 valence electrons. The number of rotatable bonds is 3. The lowest BCUT2D eigenvalue weighted by Gasteiger charge is -1.98. The number of nitrogens with one attached hydrogen (secondary N) is 2. The Morgan fingerprint density at radius 1 is 1.19 bits per heavy atom. The third-order valence-corrected chi connectivity index (χ3v) is 3.56. The standard InChI is InChI=1S/C16H12BrN3O/c17-12-5-3-4-11(8-12)9-19-20-16(21)14-10-18-15-7-2-1-6-13(14)15/h1-10,18H,(H,20,21)/b19-9-. The van der Waals surface area contributed by atoms with Crippen molar-refractivity contribution in [3.63, 3.8) is 0 Å². The predicted molar refractivity (Wildman–Crippen MR) is 87.5 cm³/mol. The second kappa shape index (κ2) is 5.93. The van der Waals surface area contributed by atoms with Crippen LogP contribution in [-0.4, -0.2) is 17.1 Å². The first kappa shape index (κ1) is 13.6. The Hall–Kier alpha value is -2.40. The predicted octanol–water partition coefficient (Wildman–Crippen LogP) is 3.69. The lowest BCUT2D eigenvalue weighted by Crippen LogP contribution is -2.17. The molecule has 0 saturated carbocycles.